The van der Waals surface area contributed by atoms with Crippen LogP contribution in [-0.2, 0) is 12.1 Å². The van der Waals surface area contributed by atoms with Gasteiger partial charge in [-0.1, -0.05) is 30.5 Å². The summed E-state index contributed by atoms with van der Waals surface area (Å²) in [6.45, 7) is 0.529. The van der Waals surface area contributed by atoms with Crippen molar-refractivity contribution >= 4 is 28.5 Å². The Kier molecular flexibility index (Phi) is 3.57. The summed E-state index contributed by atoms with van der Waals surface area (Å²) in [5.74, 6) is -0.455. The maximum absolute atomic E-state index is 14.5. The molecular weight excluding hydrogens is 393 g/mol. The average molecular weight is 414 g/mol. The second-order valence-electron chi connectivity index (χ2n) is 8.48. The van der Waals surface area contributed by atoms with Gasteiger partial charge in [0.25, 0.3) is 0 Å². The van der Waals surface area contributed by atoms with E-state index in [0.29, 0.717) is 18.1 Å². The SMILES string of the molecule is O=C(NC1CC1)N1Cc2[nH]nc(-c3cc4ccc(Cl)c(F)c4[nH]3)c2C12CCCC2. The molecule has 0 atom stereocenters. The summed E-state index contributed by atoms with van der Waals surface area (Å²) in [7, 11) is 0. The van der Waals surface area contributed by atoms with Crippen LogP contribution in [0.5, 0.6) is 0 Å². The highest BCUT2D eigenvalue weighted by atomic mass is 35.5. The highest BCUT2D eigenvalue weighted by molar-refractivity contribution is 6.31. The lowest BCUT2D eigenvalue weighted by Crippen LogP contribution is -2.48. The number of hydrogen-bond donors (Lipinski definition) is 3. The highest BCUT2D eigenvalue weighted by Gasteiger charge is 2.52. The van der Waals surface area contributed by atoms with Gasteiger partial charge in [-0.3, -0.25) is 5.10 Å². The minimum Gasteiger partial charge on any atom is -0.351 e. The lowest BCUT2D eigenvalue weighted by molar-refractivity contribution is 0.125. The molecule has 0 radical (unpaired) electrons. The number of nitrogens with one attached hydrogen (secondary N) is 3. The summed E-state index contributed by atoms with van der Waals surface area (Å²) in [5.41, 5.74) is 3.62. The number of carbonyl (C=O) groups excluding carboxylic acids is 1. The van der Waals surface area contributed by atoms with Crippen LogP contribution in [0.15, 0.2) is 18.2 Å². The van der Waals surface area contributed by atoms with Crippen molar-refractivity contribution in [3.05, 3.63) is 40.3 Å². The molecule has 6 nitrogen and oxygen atoms in total. The first kappa shape index (κ1) is 17.3. The van der Waals surface area contributed by atoms with Crippen molar-refractivity contribution in [3.63, 3.8) is 0 Å². The van der Waals surface area contributed by atoms with Crippen LogP contribution in [0, 0.1) is 5.82 Å². The third-order valence-electron chi connectivity index (χ3n) is 6.66. The summed E-state index contributed by atoms with van der Waals surface area (Å²) in [6.07, 6.45) is 6.13. The number of halogens is 2. The van der Waals surface area contributed by atoms with E-state index in [0.717, 1.165) is 66.6 Å². The highest BCUT2D eigenvalue weighted by Crippen LogP contribution is 2.52. The summed E-state index contributed by atoms with van der Waals surface area (Å²) in [4.78, 5) is 18.2. The third kappa shape index (κ3) is 2.46. The number of rotatable bonds is 2. The van der Waals surface area contributed by atoms with Gasteiger partial charge in [0.15, 0.2) is 5.82 Å². The predicted molar refractivity (Wildman–Crippen MR) is 108 cm³/mol. The maximum atomic E-state index is 14.5. The van der Waals surface area contributed by atoms with Crippen molar-refractivity contribution in [1.29, 1.82) is 0 Å². The van der Waals surface area contributed by atoms with E-state index in [4.69, 9.17) is 11.6 Å². The standard InChI is InChI=1S/C21H21ClFN5O/c22-13-6-3-11-9-14(25-18(11)17(13)23)19-16-15(26-27-19)10-28(20(29)24-12-4-5-12)21(16)7-1-2-8-21/h3,6,9,12,25H,1-2,4-5,7-8,10H2,(H,24,29)(H,26,27). The van der Waals surface area contributed by atoms with Crippen molar-refractivity contribution in [2.75, 3.05) is 0 Å². The Morgan fingerprint density at radius 3 is 2.86 bits per heavy atom. The van der Waals surface area contributed by atoms with Gasteiger partial charge in [-0.15, -0.1) is 0 Å². The fourth-order valence-electron chi connectivity index (χ4n) is 5.13. The van der Waals surface area contributed by atoms with Gasteiger partial charge in [-0.25, -0.2) is 9.18 Å². The number of urea groups is 1. The van der Waals surface area contributed by atoms with Crippen LogP contribution >= 0.6 is 11.6 Å². The van der Waals surface area contributed by atoms with E-state index in [9.17, 15) is 9.18 Å². The second kappa shape index (κ2) is 5.98. The number of fused-ring (bicyclic) bond motifs is 3. The molecule has 1 aliphatic heterocycles. The lowest BCUT2D eigenvalue weighted by Gasteiger charge is -2.36. The van der Waals surface area contributed by atoms with Gasteiger partial charge >= 0.3 is 6.03 Å². The van der Waals surface area contributed by atoms with Crippen LogP contribution in [0.1, 0.15) is 49.8 Å². The number of nitrogens with zero attached hydrogens (tertiary/aromatic N) is 2. The molecular formula is C21H21ClFN5O. The molecule has 2 fully saturated rings. The van der Waals surface area contributed by atoms with E-state index >= 15 is 0 Å². The van der Waals surface area contributed by atoms with Crippen LogP contribution in [0.25, 0.3) is 22.3 Å². The number of hydrogen-bond acceptors (Lipinski definition) is 2. The van der Waals surface area contributed by atoms with Crippen molar-refractivity contribution in [1.82, 2.24) is 25.4 Å². The van der Waals surface area contributed by atoms with Gasteiger partial charge in [-0.05, 0) is 37.8 Å². The van der Waals surface area contributed by atoms with Crippen molar-refractivity contribution < 1.29 is 9.18 Å². The first-order valence-corrected chi connectivity index (χ1v) is 10.6. The van der Waals surface area contributed by atoms with E-state index in [1.165, 1.54) is 0 Å². The molecule has 29 heavy (non-hydrogen) atoms. The molecule has 150 valence electrons. The summed E-state index contributed by atoms with van der Waals surface area (Å²) in [6, 6.07) is 5.60. The minimum atomic E-state index is -0.455. The van der Waals surface area contributed by atoms with Crippen LogP contribution in [0.2, 0.25) is 5.02 Å². The zero-order valence-electron chi connectivity index (χ0n) is 15.8. The fourth-order valence-corrected chi connectivity index (χ4v) is 5.28. The molecule has 3 heterocycles. The van der Waals surface area contributed by atoms with Gasteiger partial charge < -0.3 is 15.2 Å². The molecule has 8 heteroatoms. The minimum absolute atomic E-state index is 0.0134. The van der Waals surface area contributed by atoms with Crippen LogP contribution < -0.4 is 5.32 Å². The number of aromatic amines is 2. The van der Waals surface area contributed by atoms with E-state index < -0.39 is 5.82 Å². The zero-order valence-corrected chi connectivity index (χ0v) is 16.6. The Labute approximate surface area is 171 Å². The maximum Gasteiger partial charge on any atom is 0.318 e. The Hall–Kier alpha value is -2.54. The van der Waals surface area contributed by atoms with Gasteiger partial charge in [0.1, 0.15) is 5.69 Å². The van der Waals surface area contributed by atoms with E-state index in [2.05, 4.69) is 20.5 Å². The summed E-state index contributed by atoms with van der Waals surface area (Å²) >= 11 is 5.95. The monoisotopic (exact) mass is 413 g/mol. The molecule has 2 amide bonds. The fraction of sp³-hybridized carbons (Fsp3) is 0.429. The molecule has 3 N–H and O–H groups in total. The third-order valence-corrected chi connectivity index (χ3v) is 6.95. The molecule has 0 bridgehead atoms. The van der Waals surface area contributed by atoms with Gasteiger partial charge in [0.05, 0.1) is 34.0 Å². The Bertz CT molecular complexity index is 1140. The van der Waals surface area contributed by atoms with Crippen LogP contribution in [0.3, 0.4) is 0 Å². The van der Waals surface area contributed by atoms with Crippen LogP contribution in [-0.4, -0.2) is 32.2 Å². The molecule has 6 rings (SSSR count). The molecule has 0 saturated heterocycles. The molecule has 0 unspecified atom stereocenters. The molecule has 1 spiro atoms. The van der Waals surface area contributed by atoms with Gasteiger partial charge in [-0.2, -0.15) is 5.10 Å². The molecule has 3 aromatic rings. The van der Waals surface area contributed by atoms with E-state index in [1.807, 2.05) is 11.0 Å². The normalized spacial score (nSPS) is 20.0. The topological polar surface area (TPSA) is 76.8 Å². The van der Waals surface area contributed by atoms with Crippen molar-refractivity contribution in [2.45, 2.75) is 56.7 Å². The lowest BCUT2D eigenvalue weighted by atomic mass is 9.87. The summed E-state index contributed by atoms with van der Waals surface area (Å²) in [5, 5.41) is 11.7. The second-order valence-corrected chi connectivity index (χ2v) is 8.89. The number of benzene rings is 1. The average Bonchev–Trinajstić information content (AvgIpc) is 3.12. The van der Waals surface area contributed by atoms with Gasteiger partial charge in [0, 0.05) is 17.0 Å². The van der Waals surface area contributed by atoms with E-state index in [-0.39, 0.29) is 16.6 Å². The Balaban J connectivity index is 1.46. The molecule has 2 saturated carbocycles. The zero-order chi connectivity index (χ0) is 19.8. The van der Waals surface area contributed by atoms with E-state index in [1.54, 1.807) is 12.1 Å². The smallest absolute Gasteiger partial charge is 0.318 e. The molecule has 2 aliphatic carbocycles. The quantitative estimate of drug-likeness (QED) is 0.564. The number of H-pyrrole nitrogens is 2. The molecule has 1 aromatic carbocycles. The first-order valence-electron chi connectivity index (χ1n) is 10.2. The largest absolute Gasteiger partial charge is 0.351 e. The predicted octanol–water partition coefficient (Wildman–Crippen LogP) is 4.81. The Morgan fingerprint density at radius 2 is 2.10 bits per heavy atom. The van der Waals surface area contributed by atoms with Crippen molar-refractivity contribution in [2.24, 2.45) is 0 Å². The molecule has 2 aromatic heterocycles. The first-order chi connectivity index (χ1) is 14.1. The van der Waals surface area contributed by atoms with Crippen LogP contribution in [0.4, 0.5) is 9.18 Å². The Morgan fingerprint density at radius 1 is 1.31 bits per heavy atom. The van der Waals surface area contributed by atoms with Crippen molar-refractivity contribution in [3.8, 4) is 11.4 Å². The number of amides is 2. The van der Waals surface area contributed by atoms with Gasteiger partial charge in [0.2, 0.25) is 0 Å². The molecule has 3 aliphatic rings. The number of aromatic nitrogens is 3. The number of carbonyl (C=O) groups is 1. The summed E-state index contributed by atoms with van der Waals surface area (Å²) < 4.78 is 14.5.